The summed E-state index contributed by atoms with van der Waals surface area (Å²) in [5.74, 6) is -0.172. The van der Waals surface area contributed by atoms with Crippen LogP contribution in [0.15, 0.2) is 23.4 Å². The van der Waals surface area contributed by atoms with Crippen molar-refractivity contribution in [2.24, 2.45) is 5.16 Å². The molecular weight excluding hydrogens is 327 g/mol. The summed E-state index contributed by atoms with van der Waals surface area (Å²) in [4.78, 5) is 17.3. The third kappa shape index (κ3) is 3.54. The van der Waals surface area contributed by atoms with Crippen LogP contribution in [0.4, 0.5) is 0 Å². The van der Waals surface area contributed by atoms with Gasteiger partial charge >= 0.3 is 0 Å². The smallest absolute Gasteiger partial charge is 0.264 e. The molecule has 1 N–H and O–H groups in total. The van der Waals surface area contributed by atoms with Crippen molar-refractivity contribution in [3.05, 3.63) is 33.8 Å². The summed E-state index contributed by atoms with van der Waals surface area (Å²) < 4.78 is 5.47. The van der Waals surface area contributed by atoms with Crippen molar-refractivity contribution in [2.45, 2.75) is 31.5 Å². The first kappa shape index (κ1) is 15.6. The Morgan fingerprint density at radius 1 is 1.36 bits per heavy atom. The molecule has 1 aromatic rings. The summed E-state index contributed by atoms with van der Waals surface area (Å²) in [7, 11) is 0. The van der Waals surface area contributed by atoms with Gasteiger partial charge in [0.2, 0.25) is 6.10 Å². The van der Waals surface area contributed by atoms with Crippen molar-refractivity contribution < 1.29 is 14.4 Å². The zero-order valence-corrected chi connectivity index (χ0v) is 13.4. The van der Waals surface area contributed by atoms with Crippen LogP contribution in [0.25, 0.3) is 0 Å². The van der Waals surface area contributed by atoms with E-state index in [2.05, 4.69) is 10.5 Å². The Morgan fingerprint density at radius 2 is 2.23 bits per heavy atom. The molecule has 0 bridgehead atoms. The molecule has 1 amide bonds. The van der Waals surface area contributed by atoms with Gasteiger partial charge in [0.15, 0.2) is 0 Å². The molecule has 2 heterocycles. The highest BCUT2D eigenvalue weighted by Crippen LogP contribution is 2.25. The maximum Gasteiger partial charge on any atom is 0.264 e. The number of nitrogens with zero attached hydrogens (tertiary/aromatic N) is 1. The Balaban J connectivity index is 1.54. The lowest BCUT2D eigenvalue weighted by Gasteiger charge is -2.13. The van der Waals surface area contributed by atoms with Crippen LogP contribution in [0.2, 0.25) is 10.0 Å². The third-order valence-corrected chi connectivity index (χ3v) is 4.48. The fraction of sp³-hybridized carbons (Fsp3) is 0.467. The second-order valence-electron chi connectivity index (χ2n) is 5.35. The van der Waals surface area contributed by atoms with Crippen molar-refractivity contribution in [3.63, 3.8) is 0 Å². The molecule has 5 nitrogen and oxygen atoms in total. The number of rotatable bonds is 4. The number of nitrogens with one attached hydrogen (secondary N) is 1. The van der Waals surface area contributed by atoms with E-state index >= 15 is 0 Å². The van der Waals surface area contributed by atoms with E-state index in [0.717, 1.165) is 25.0 Å². The molecule has 0 spiro atoms. The van der Waals surface area contributed by atoms with Gasteiger partial charge in [-0.2, -0.15) is 0 Å². The molecule has 1 saturated heterocycles. The van der Waals surface area contributed by atoms with Gasteiger partial charge in [0.25, 0.3) is 5.91 Å². The first-order valence-electron chi connectivity index (χ1n) is 7.21. The summed E-state index contributed by atoms with van der Waals surface area (Å²) in [6.45, 7) is 1.28. The van der Waals surface area contributed by atoms with Crippen LogP contribution in [-0.2, 0) is 14.4 Å². The minimum absolute atomic E-state index is 0.112. The van der Waals surface area contributed by atoms with Crippen LogP contribution in [0.3, 0.4) is 0 Å². The van der Waals surface area contributed by atoms with Gasteiger partial charge in [-0.3, -0.25) is 4.79 Å². The fourth-order valence-corrected chi connectivity index (χ4v) is 2.80. The van der Waals surface area contributed by atoms with Crippen LogP contribution < -0.4 is 5.32 Å². The van der Waals surface area contributed by atoms with Crippen LogP contribution in [0.5, 0.6) is 0 Å². The molecule has 7 heteroatoms. The van der Waals surface area contributed by atoms with E-state index in [-0.39, 0.29) is 12.0 Å². The molecule has 0 unspecified atom stereocenters. The molecule has 22 heavy (non-hydrogen) atoms. The monoisotopic (exact) mass is 342 g/mol. The normalized spacial score (nSPS) is 24.0. The Morgan fingerprint density at radius 3 is 2.95 bits per heavy atom. The van der Waals surface area contributed by atoms with E-state index < -0.39 is 6.10 Å². The first-order chi connectivity index (χ1) is 10.6. The zero-order chi connectivity index (χ0) is 15.5. The van der Waals surface area contributed by atoms with Crippen molar-refractivity contribution in [3.8, 4) is 0 Å². The summed E-state index contributed by atoms with van der Waals surface area (Å²) in [6.07, 6.45) is 1.95. The van der Waals surface area contributed by atoms with Crippen LogP contribution in [-0.4, -0.2) is 37.0 Å². The van der Waals surface area contributed by atoms with E-state index in [1.54, 1.807) is 12.1 Å². The lowest BCUT2D eigenvalue weighted by atomic mass is 10.0. The molecule has 0 aliphatic carbocycles. The maximum atomic E-state index is 12.1. The molecule has 1 fully saturated rings. The predicted molar refractivity (Wildman–Crippen MR) is 84.5 cm³/mol. The van der Waals surface area contributed by atoms with E-state index in [9.17, 15) is 4.79 Å². The van der Waals surface area contributed by atoms with E-state index in [1.807, 2.05) is 6.07 Å². The number of carbonyl (C=O) groups excluding carboxylic acids is 1. The summed E-state index contributed by atoms with van der Waals surface area (Å²) in [5, 5.41) is 7.77. The Kier molecular flexibility index (Phi) is 4.86. The number of amides is 1. The Labute approximate surface area is 138 Å². The number of benzene rings is 1. The van der Waals surface area contributed by atoms with Crippen molar-refractivity contribution in [1.82, 2.24) is 5.32 Å². The minimum Gasteiger partial charge on any atom is -0.382 e. The molecule has 2 aliphatic heterocycles. The topological polar surface area (TPSA) is 59.9 Å². The van der Waals surface area contributed by atoms with Gasteiger partial charge in [0.1, 0.15) is 0 Å². The molecule has 1 aromatic carbocycles. The molecule has 0 aromatic heterocycles. The number of halogens is 2. The highest BCUT2D eigenvalue weighted by Gasteiger charge is 2.29. The lowest BCUT2D eigenvalue weighted by molar-refractivity contribution is -0.131. The average molecular weight is 343 g/mol. The average Bonchev–Trinajstić information content (AvgIpc) is 3.18. The number of oxime groups is 1. The van der Waals surface area contributed by atoms with Crippen molar-refractivity contribution in [2.75, 3.05) is 13.2 Å². The molecule has 118 valence electrons. The molecule has 2 atom stereocenters. The number of hydrogen-bond donors (Lipinski definition) is 1. The number of carbonyl (C=O) groups is 1. The number of hydrogen-bond acceptors (Lipinski definition) is 4. The lowest BCUT2D eigenvalue weighted by Crippen LogP contribution is -2.39. The van der Waals surface area contributed by atoms with Crippen molar-refractivity contribution in [1.29, 1.82) is 0 Å². The highest BCUT2D eigenvalue weighted by molar-refractivity contribution is 6.42. The minimum atomic E-state index is -0.606. The maximum absolute atomic E-state index is 12.1. The van der Waals surface area contributed by atoms with Crippen molar-refractivity contribution >= 4 is 34.8 Å². The molecular formula is C15H16Cl2N2O3. The summed E-state index contributed by atoms with van der Waals surface area (Å²) in [5.41, 5.74) is 1.50. The predicted octanol–water partition coefficient (Wildman–Crippen LogP) is 2.78. The van der Waals surface area contributed by atoms with E-state index in [1.165, 1.54) is 0 Å². The summed E-state index contributed by atoms with van der Waals surface area (Å²) in [6, 6.07) is 5.23. The second kappa shape index (κ2) is 6.86. The Bertz CT molecular complexity index is 600. The first-order valence-corrected chi connectivity index (χ1v) is 7.96. The SMILES string of the molecule is O=C(NC[C@H]1CCCO1)[C@H]1CC(c2ccc(Cl)c(Cl)c2)=NO1. The quantitative estimate of drug-likeness (QED) is 0.915. The molecule has 0 radical (unpaired) electrons. The van der Waals surface area contributed by atoms with Gasteiger partial charge < -0.3 is 14.9 Å². The van der Waals surface area contributed by atoms with Crippen LogP contribution >= 0.6 is 23.2 Å². The van der Waals surface area contributed by atoms with Gasteiger partial charge in [-0.25, -0.2) is 0 Å². The summed E-state index contributed by atoms with van der Waals surface area (Å²) >= 11 is 11.9. The highest BCUT2D eigenvalue weighted by atomic mass is 35.5. The standard InChI is InChI=1S/C15H16Cl2N2O3/c16-11-4-3-9(6-12(11)17)13-7-14(22-19-13)15(20)18-8-10-2-1-5-21-10/h3-4,6,10,14H,1-2,5,7-8H2,(H,18,20)/t10-,14-/m1/s1. The van der Waals surface area contributed by atoms with E-state index in [0.29, 0.717) is 28.7 Å². The van der Waals surface area contributed by atoms with Gasteiger partial charge in [-0.05, 0) is 25.0 Å². The second-order valence-corrected chi connectivity index (χ2v) is 6.16. The third-order valence-electron chi connectivity index (χ3n) is 3.74. The molecule has 0 saturated carbocycles. The fourth-order valence-electron chi connectivity index (χ4n) is 2.50. The number of ether oxygens (including phenoxy) is 1. The van der Waals surface area contributed by atoms with Crippen LogP contribution in [0, 0.1) is 0 Å². The van der Waals surface area contributed by atoms with Gasteiger partial charge in [-0.15, -0.1) is 0 Å². The van der Waals surface area contributed by atoms with Gasteiger partial charge in [0, 0.05) is 25.1 Å². The zero-order valence-electron chi connectivity index (χ0n) is 11.9. The molecule has 2 aliphatic rings. The van der Waals surface area contributed by atoms with Gasteiger partial charge in [0.05, 0.1) is 21.9 Å². The molecule has 3 rings (SSSR count). The van der Waals surface area contributed by atoms with E-state index in [4.69, 9.17) is 32.8 Å². The van der Waals surface area contributed by atoms with Gasteiger partial charge in [-0.1, -0.05) is 34.4 Å². The largest absolute Gasteiger partial charge is 0.382 e. The Hall–Kier alpha value is -1.30. The van der Waals surface area contributed by atoms with Crippen LogP contribution in [0.1, 0.15) is 24.8 Å².